The molecule has 0 bridgehead atoms. The maximum atomic E-state index is 11.8. The molecular weight excluding hydrogens is 244 g/mol. The zero-order chi connectivity index (χ0) is 13.7. The molecule has 1 heterocycles. The average Bonchev–Trinajstić information content (AvgIpc) is 2.91. The summed E-state index contributed by atoms with van der Waals surface area (Å²) in [4.78, 5) is 11.8. The molecule has 104 valence electrons. The fraction of sp³-hybridized carbons (Fsp3) is 0.533. The molecule has 1 aromatic rings. The summed E-state index contributed by atoms with van der Waals surface area (Å²) in [5.41, 5.74) is 1.55. The van der Waals surface area contributed by atoms with Crippen molar-refractivity contribution in [2.24, 2.45) is 0 Å². The van der Waals surface area contributed by atoms with E-state index >= 15 is 0 Å². The highest BCUT2D eigenvalue weighted by Crippen LogP contribution is 2.23. The molecular formula is C15H20O4. The first-order valence-corrected chi connectivity index (χ1v) is 6.73. The molecule has 1 fully saturated rings. The summed E-state index contributed by atoms with van der Waals surface area (Å²) in [6.45, 7) is 5.73. The number of carbonyl (C=O) groups is 1. The third kappa shape index (κ3) is 3.70. The minimum atomic E-state index is -0.297. The third-order valence-electron chi connectivity index (χ3n) is 3.04. The maximum absolute atomic E-state index is 11.8. The van der Waals surface area contributed by atoms with Gasteiger partial charge in [-0.3, -0.25) is 0 Å². The summed E-state index contributed by atoms with van der Waals surface area (Å²) in [6, 6.07) is 5.41. The number of aryl methyl sites for hydroxylation is 1. The zero-order valence-corrected chi connectivity index (χ0v) is 11.5. The second kappa shape index (κ2) is 6.57. The van der Waals surface area contributed by atoms with Gasteiger partial charge in [0, 0.05) is 6.42 Å². The lowest BCUT2D eigenvalue weighted by molar-refractivity contribution is 0.0504. The number of esters is 1. The van der Waals surface area contributed by atoms with E-state index in [4.69, 9.17) is 14.2 Å². The maximum Gasteiger partial charge on any atom is 0.338 e. The van der Waals surface area contributed by atoms with Gasteiger partial charge in [-0.15, -0.1) is 0 Å². The van der Waals surface area contributed by atoms with Crippen LogP contribution in [0, 0.1) is 6.92 Å². The van der Waals surface area contributed by atoms with Gasteiger partial charge < -0.3 is 14.2 Å². The molecule has 1 aliphatic rings. The van der Waals surface area contributed by atoms with Gasteiger partial charge in [-0.1, -0.05) is 13.0 Å². The van der Waals surface area contributed by atoms with Gasteiger partial charge in [-0.25, -0.2) is 4.79 Å². The molecule has 1 saturated heterocycles. The predicted octanol–water partition coefficient (Wildman–Crippen LogP) is 2.73. The van der Waals surface area contributed by atoms with Crippen molar-refractivity contribution in [1.82, 2.24) is 0 Å². The van der Waals surface area contributed by atoms with E-state index in [1.54, 1.807) is 12.1 Å². The van der Waals surface area contributed by atoms with Crippen LogP contribution >= 0.6 is 0 Å². The molecule has 1 aromatic carbocycles. The van der Waals surface area contributed by atoms with E-state index in [0.29, 0.717) is 18.8 Å². The average molecular weight is 264 g/mol. The van der Waals surface area contributed by atoms with E-state index in [1.807, 2.05) is 19.9 Å². The van der Waals surface area contributed by atoms with E-state index in [-0.39, 0.29) is 12.1 Å². The fourth-order valence-corrected chi connectivity index (χ4v) is 1.92. The van der Waals surface area contributed by atoms with Crippen molar-refractivity contribution in [3.8, 4) is 5.75 Å². The molecule has 0 radical (unpaired) electrons. The number of hydrogen-bond donors (Lipinski definition) is 0. The predicted molar refractivity (Wildman–Crippen MR) is 71.6 cm³/mol. The number of ether oxygens (including phenoxy) is 3. The van der Waals surface area contributed by atoms with Crippen molar-refractivity contribution in [3.05, 3.63) is 29.3 Å². The van der Waals surface area contributed by atoms with Gasteiger partial charge >= 0.3 is 5.97 Å². The van der Waals surface area contributed by atoms with E-state index in [9.17, 15) is 4.79 Å². The van der Waals surface area contributed by atoms with Gasteiger partial charge in [0.1, 0.15) is 11.9 Å². The first-order valence-electron chi connectivity index (χ1n) is 6.73. The van der Waals surface area contributed by atoms with Crippen LogP contribution in [0.2, 0.25) is 0 Å². The van der Waals surface area contributed by atoms with Crippen LogP contribution in [-0.4, -0.2) is 31.9 Å². The zero-order valence-electron chi connectivity index (χ0n) is 11.5. The first kappa shape index (κ1) is 13.9. The molecule has 0 amide bonds. The molecule has 0 unspecified atom stereocenters. The SMILES string of the molecule is CCCOC(=O)c1ccc(C)c(O[C@@H]2CCOC2)c1. The van der Waals surface area contributed by atoms with Crippen LogP contribution < -0.4 is 4.74 Å². The number of hydrogen-bond acceptors (Lipinski definition) is 4. The van der Waals surface area contributed by atoms with Crippen LogP contribution in [-0.2, 0) is 9.47 Å². The number of rotatable bonds is 5. The summed E-state index contributed by atoms with van der Waals surface area (Å²) in [7, 11) is 0. The lowest BCUT2D eigenvalue weighted by Crippen LogP contribution is -2.16. The van der Waals surface area contributed by atoms with Crippen molar-refractivity contribution in [2.75, 3.05) is 19.8 Å². The van der Waals surface area contributed by atoms with E-state index in [1.165, 1.54) is 0 Å². The van der Waals surface area contributed by atoms with Crippen LogP contribution in [0.4, 0.5) is 0 Å². The fourth-order valence-electron chi connectivity index (χ4n) is 1.92. The third-order valence-corrected chi connectivity index (χ3v) is 3.04. The van der Waals surface area contributed by atoms with Gasteiger partial charge in [-0.05, 0) is 31.0 Å². The van der Waals surface area contributed by atoms with Gasteiger partial charge in [0.25, 0.3) is 0 Å². The Balaban J connectivity index is 2.07. The topological polar surface area (TPSA) is 44.8 Å². The second-order valence-electron chi connectivity index (χ2n) is 4.72. The lowest BCUT2D eigenvalue weighted by atomic mass is 10.1. The standard InChI is InChI=1S/C15H20O4/c1-3-7-18-15(16)12-5-4-11(2)14(9-12)19-13-6-8-17-10-13/h4-5,9,13H,3,6-8,10H2,1-2H3/t13-/m1/s1. The van der Waals surface area contributed by atoms with Crippen LogP contribution in [0.3, 0.4) is 0 Å². The molecule has 1 atom stereocenters. The van der Waals surface area contributed by atoms with Gasteiger partial charge in [-0.2, -0.15) is 0 Å². The quantitative estimate of drug-likeness (QED) is 0.767. The summed E-state index contributed by atoms with van der Waals surface area (Å²) >= 11 is 0. The Morgan fingerprint density at radius 1 is 1.47 bits per heavy atom. The van der Waals surface area contributed by atoms with Crippen molar-refractivity contribution < 1.29 is 19.0 Å². The highest BCUT2D eigenvalue weighted by molar-refractivity contribution is 5.90. The Labute approximate surface area is 113 Å². The van der Waals surface area contributed by atoms with Crippen LogP contribution in [0.25, 0.3) is 0 Å². The Bertz CT molecular complexity index is 436. The molecule has 0 aromatic heterocycles. The Kier molecular flexibility index (Phi) is 4.80. The summed E-state index contributed by atoms with van der Waals surface area (Å²) < 4.78 is 16.3. The molecule has 0 spiro atoms. The Morgan fingerprint density at radius 2 is 2.32 bits per heavy atom. The van der Waals surface area contributed by atoms with Gasteiger partial charge in [0.2, 0.25) is 0 Å². The minimum absolute atomic E-state index is 0.0839. The minimum Gasteiger partial charge on any atom is -0.488 e. The number of benzene rings is 1. The summed E-state index contributed by atoms with van der Waals surface area (Å²) in [5.74, 6) is 0.441. The smallest absolute Gasteiger partial charge is 0.338 e. The molecule has 4 heteroatoms. The Morgan fingerprint density at radius 3 is 3.00 bits per heavy atom. The van der Waals surface area contributed by atoms with Crippen LogP contribution in [0.1, 0.15) is 35.7 Å². The highest BCUT2D eigenvalue weighted by atomic mass is 16.5. The van der Waals surface area contributed by atoms with E-state index in [0.717, 1.165) is 30.8 Å². The van der Waals surface area contributed by atoms with E-state index in [2.05, 4.69) is 0 Å². The summed E-state index contributed by atoms with van der Waals surface area (Å²) in [6.07, 6.45) is 1.80. The number of carbonyl (C=O) groups excluding carboxylic acids is 1. The van der Waals surface area contributed by atoms with Crippen LogP contribution in [0.15, 0.2) is 18.2 Å². The van der Waals surface area contributed by atoms with Crippen molar-refractivity contribution >= 4 is 5.97 Å². The molecule has 0 saturated carbocycles. The van der Waals surface area contributed by atoms with E-state index < -0.39 is 0 Å². The van der Waals surface area contributed by atoms with Gasteiger partial charge in [0.15, 0.2) is 0 Å². The second-order valence-corrected chi connectivity index (χ2v) is 4.72. The van der Waals surface area contributed by atoms with Gasteiger partial charge in [0.05, 0.1) is 25.4 Å². The molecule has 1 aliphatic heterocycles. The molecule has 4 nitrogen and oxygen atoms in total. The normalized spacial score (nSPS) is 18.3. The first-order chi connectivity index (χ1) is 9.20. The Hall–Kier alpha value is -1.55. The molecule has 2 rings (SSSR count). The lowest BCUT2D eigenvalue weighted by Gasteiger charge is -2.15. The van der Waals surface area contributed by atoms with Crippen LogP contribution in [0.5, 0.6) is 5.75 Å². The van der Waals surface area contributed by atoms with Crippen molar-refractivity contribution in [1.29, 1.82) is 0 Å². The summed E-state index contributed by atoms with van der Waals surface area (Å²) in [5, 5.41) is 0. The van der Waals surface area contributed by atoms with Crippen molar-refractivity contribution in [3.63, 3.8) is 0 Å². The molecule has 19 heavy (non-hydrogen) atoms. The largest absolute Gasteiger partial charge is 0.488 e. The van der Waals surface area contributed by atoms with Crippen molar-refractivity contribution in [2.45, 2.75) is 32.8 Å². The monoisotopic (exact) mass is 264 g/mol. The molecule has 0 aliphatic carbocycles. The highest BCUT2D eigenvalue weighted by Gasteiger charge is 2.19. The molecule has 0 N–H and O–H groups in total.